The first-order valence-corrected chi connectivity index (χ1v) is 7.43. The second kappa shape index (κ2) is 9.91. The van der Waals surface area contributed by atoms with Crippen LogP contribution in [0.1, 0.15) is 34.1 Å². The van der Waals surface area contributed by atoms with Gasteiger partial charge in [0.1, 0.15) is 5.56 Å². The van der Waals surface area contributed by atoms with Gasteiger partial charge in [0, 0.05) is 12.1 Å². The predicted octanol–water partition coefficient (Wildman–Crippen LogP) is 0.909. The lowest BCUT2D eigenvalue weighted by Gasteiger charge is -2.14. The van der Waals surface area contributed by atoms with Crippen LogP contribution in [0.4, 0.5) is 4.79 Å². The monoisotopic (exact) mass is 352 g/mol. The molecule has 0 radical (unpaired) electrons. The van der Waals surface area contributed by atoms with Gasteiger partial charge in [-0.25, -0.2) is 9.59 Å². The van der Waals surface area contributed by atoms with Crippen LogP contribution in [0.25, 0.3) is 0 Å². The SMILES string of the molecule is CCCNC(=O)NC(=O)COC(=O)c1c(C=O)ccc(OC)c1OC. The van der Waals surface area contributed by atoms with Gasteiger partial charge in [0.05, 0.1) is 14.2 Å². The van der Waals surface area contributed by atoms with Crippen LogP contribution in [-0.4, -0.2) is 51.6 Å². The van der Waals surface area contributed by atoms with Gasteiger partial charge in [-0.3, -0.25) is 14.9 Å². The Balaban J connectivity index is 2.82. The molecule has 1 rings (SSSR count). The fourth-order valence-corrected chi connectivity index (χ4v) is 1.90. The zero-order valence-corrected chi connectivity index (χ0v) is 14.2. The molecule has 0 spiro atoms. The van der Waals surface area contributed by atoms with Gasteiger partial charge in [0.25, 0.3) is 5.91 Å². The summed E-state index contributed by atoms with van der Waals surface area (Å²) in [7, 11) is 2.67. The van der Waals surface area contributed by atoms with Crippen molar-refractivity contribution in [1.29, 1.82) is 0 Å². The fraction of sp³-hybridized carbons (Fsp3) is 0.375. The number of imide groups is 1. The van der Waals surface area contributed by atoms with E-state index in [9.17, 15) is 19.2 Å². The number of ether oxygens (including phenoxy) is 3. The Kier molecular flexibility index (Phi) is 7.91. The molecule has 136 valence electrons. The summed E-state index contributed by atoms with van der Waals surface area (Å²) in [5.41, 5.74) is -0.149. The quantitative estimate of drug-likeness (QED) is 0.527. The second-order valence-electron chi connectivity index (χ2n) is 4.76. The van der Waals surface area contributed by atoms with Crippen LogP contribution in [0.3, 0.4) is 0 Å². The molecule has 2 N–H and O–H groups in total. The third-order valence-corrected chi connectivity index (χ3v) is 3.03. The van der Waals surface area contributed by atoms with Crippen molar-refractivity contribution in [2.45, 2.75) is 13.3 Å². The molecule has 1 aromatic carbocycles. The number of carbonyl (C=O) groups excluding carboxylic acids is 4. The molecule has 0 saturated heterocycles. The van der Waals surface area contributed by atoms with Crippen molar-refractivity contribution in [2.24, 2.45) is 0 Å². The number of methoxy groups -OCH3 is 2. The number of amides is 3. The molecule has 0 aliphatic rings. The van der Waals surface area contributed by atoms with E-state index in [2.05, 4.69) is 5.32 Å². The summed E-state index contributed by atoms with van der Waals surface area (Å²) >= 11 is 0. The van der Waals surface area contributed by atoms with E-state index >= 15 is 0 Å². The number of aldehydes is 1. The van der Waals surface area contributed by atoms with Crippen molar-refractivity contribution in [3.63, 3.8) is 0 Å². The molecule has 9 heteroatoms. The van der Waals surface area contributed by atoms with E-state index in [1.807, 2.05) is 12.2 Å². The van der Waals surface area contributed by atoms with Gasteiger partial charge in [-0.1, -0.05) is 6.92 Å². The topological polar surface area (TPSA) is 120 Å². The average molecular weight is 352 g/mol. The maximum Gasteiger partial charge on any atom is 0.343 e. The van der Waals surface area contributed by atoms with E-state index in [0.29, 0.717) is 19.3 Å². The van der Waals surface area contributed by atoms with Gasteiger partial charge in [0.15, 0.2) is 24.4 Å². The lowest BCUT2D eigenvalue weighted by atomic mass is 10.1. The van der Waals surface area contributed by atoms with Crippen LogP contribution in [0, 0.1) is 0 Å². The Morgan fingerprint density at radius 1 is 1.16 bits per heavy atom. The van der Waals surface area contributed by atoms with Crippen LogP contribution in [0.15, 0.2) is 12.1 Å². The Labute approximate surface area is 144 Å². The number of hydrogen-bond donors (Lipinski definition) is 2. The van der Waals surface area contributed by atoms with Crippen molar-refractivity contribution in [2.75, 3.05) is 27.4 Å². The van der Waals surface area contributed by atoms with E-state index < -0.39 is 24.5 Å². The van der Waals surface area contributed by atoms with E-state index in [1.54, 1.807) is 0 Å². The molecule has 0 fully saturated rings. The summed E-state index contributed by atoms with van der Waals surface area (Å²) in [6.07, 6.45) is 1.16. The van der Waals surface area contributed by atoms with Gasteiger partial charge < -0.3 is 19.5 Å². The molecule has 0 aliphatic heterocycles. The number of esters is 1. The normalized spacial score (nSPS) is 9.72. The molecule has 0 atom stereocenters. The minimum Gasteiger partial charge on any atom is -0.493 e. The number of carbonyl (C=O) groups is 4. The fourth-order valence-electron chi connectivity index (χ4n) is 1.90. The summed E-state index contributed by atoms with van der Waals surface area (Å²) in [4.78, 5) is 46.3. The highest BCUT2D eigenvalue weighted by Crippen LogP contribution is 2.33. The molecular formula is C16H20N2O7. The average Bonchev–Trinajstić information content (AvgIpc) is 2.62. The van der Waals surface area contributed by atoms with Crippen molar-refractivity contribution in [3.05, 3.63) is 23.3 Å². The first-order valence-electron chi connectivity index (χ1n) is 7.43. The van der Waals surface area contributed by atoms with Crippen molar-refractivity contribution < 1.29 is 33.4 Å². The zero-order valence-electron chi connectivity index (χ0n) is 14.2. The molecule has 9 nitrogen and oxygen atoms in total. The van der Waals surface area contributed by atoms with E-state index in [-0.39, 0.29) is 22.6 Å². The predicted molar refractivity (Wildman–Crippen MR) is 87.0 cm³/mol. The molecule has 0 aliphatic carbocycles. The number of hydrogen-bond acceptors (Lipinski definition) is 7. The second-order valence-corrected chi connectivity index (χ2v) is 4.76. The van der Waals surface area contributed by atoms with Gasteiger partial charge in [0.2, 0.25) is 0 Å². The lowest BCUT2D eigenvalue weighted by molar-refractivity contribution is -0.123. The van der Waals surface area contributed by atoms with E-state index in [4.69, 9.17) is 14.2 Å². The largest absolute Gasteiger partial charge is 0.493 e. The lowest BCUT2D eigenvalue weighted by Crippen LogP contribution is -2.41. The summed E-state index contributed by atoms with van der Waals surface area (Å²) in [6.45, 7) is 1.57. The molecule has 25 heavy (non-hydrogen) atoms. The first-order chi connectivity index (χ1) is 12.0. The third kappa shape index (κ3) is 5.48. The molecule has 0 bridgehead atoms. The van der Waals surface area contributed by atoms with E-state index in [1.165, 1.54) is 26.4 Å². The summed E-state index contributed by atoms with van der Waals surface area (Å²) in [6, 6.07) is 2.14. The van der Waals surface area contributed by atoms with Gasteiger partial charge in [-0.15, -0.1) is 0 Å². The Morgan fingerprint density at radius 2 is 1.88 bits per heavy atom. The number of rotatable bonds is 8. The highest BCUT2D eigenvalue weighted by atomic mass is 16.5. The maximum absolute atomic E-state index is 12.2. The molecular weight excluding hydrogens is 332 g/mol. The van der Waals surface area contributed by atoms with Gasteiger partial charge >= 0.3 is 12.0 Å². The minimum atomic E-state index is -0.957. The van der Waals surface area contributed by atoms with Gasteiger partial charge in [-0.2, -0.15) is 0 Å². The van der Waals surface area contributed by atoms with Crippen molar-refractivity contribution in [1.82, 2.24) is 10.6 Å². The molecule has 0 saturated carbocycles. The van der Waals surface area contributed by atoms with Crippen LogP contribution >= 0.6 is 0 Å². The maximum atomic E-state index is 12.2. The highest BCUT2D eigenvalue weighted by Gasteiger charge is 2.23. The summed E-state index contributed by atoms with van der Waals surface area (Å²) < 4.78 is 15.0. The number of urea groups is 1. The zero-order chi connectivity index (χ0) is 18.8. The number of nitrogens with one attached hydrogen (secondary N) is 2. The number of benzene rings is 1. The highest BCUT2D eigenvalue weighted by molar-refractivity contribution is 6.03. The molecule has 0 heterocycles. The van der Waals surface area contributed by atoms with E-state index in [0.717, 1.165) is 0 Å². The summed E-state index contributed by atoms with van der Waals surface area (Å²) in [5.74, 6) is -1.53. The molecule has 0 aromatic heterocycles. The Morgan fingerprint density at radius 3 is 2.44 bits per heavy atom. The third-order valence-electron chi connectivity index (χ3n) is 3.03. The Hall–Kier alpha value is -3.10. The van der Waals surface area contributed by atoms with Gasteiger partial charge in [-0.05, 0) is 18.6 Å². The molecule has 3 amide bonds. The van der Waals surface area contributed by atoms with Crippen LogP contribution in [-0.2, 0) is 9.53 Å². The summed E-state index contributed by atoms with van der Waals surface area (Å²) in [5, 5.41) is 4.45. The first kappa shape index (κ1) is 19.9. The Bertz CT molecular complexity index is 658. The minimum absolute atomic E-state index is 0.0122. The standard InChI is InChI=1S/C16H20N2O7/c1-4-7-17-16(22)18-12(20)9-25-15(21)13-10(8-19)5-6-11(23-2)14(13)24-3/h5-6,8H,4,7,9H2,1-3H3,(H2,17,18,20,22). The molecule has 0 unspecified atom stereocenters. The van der Waals surface area contributed by atoms with Crippen molar-refractivity contribution >= 4 is 24.2 Å². The van der Waals surface area contributed by atoms with Crippen LogP contribution < -0.4 is 20.1 Å². The molecule has 1 aromatic rings. The van der Waals surface area contributed by atoms with Crippen LogP contribution in [0.2, 0.25) is 0 Å². The van der Waals surface area contributed by atoms with Crippen LogP contribution in [0.5, 0.6) is 11.5 Å². The van der Waals surface area contributed by atoms with Crippen molar-refractivity contribution in [3.8, 4) is 11.5 Å². The smallest absolute Gasteiger partial charge is 0.343 e.